The second-order valence-electron chi connectivity index (χ2n) is 8.19. The van der Waals surface area contributed by atoms with Gasteiger partial charge in [0.15, 0.2) is 0 Å². The van der Waals surface area contributed by atoms with Gasteiger partial charge in [0, 0.05) is 29.5 Å². The molecule has 0 bridgehead atoms. The summed E-state index contributed by atoms with van der Waals surface area (Å²) in [6.07, 6.45) is 0. The number of nitrogens with two attached hydrogens (primary N) is 2. The van der Waals surface area contributed by atoms with Crippen molar-refractivity contribution >= 4 is 33.4 Å². The van der Waals surface area contributed by atoms with E-state index in [0.29, 0.717) is 5.69 Å². The molecule has 0 atom stereocenters. The van der Waals surface area contributed by atoms with Gasteiger partial charge in [0.05, 0.1) is 22.1 Å². The molecule has 6 rings (SSSR count). The van der Waals surface area contributed by atoms with Gasteiger partial charge in [-0.15, -0.1) is 0 Å². The molecule has 6 aromatic rings. The zero-order chi connectivity index (χ0) is 22.5. The van der Waals surface area contributed by atoms with Crippen molar-refractivity contribution in [2.24, 2.45) is 7.05 Å². The van der Waals surface area contributed by atoms with Crippen LogP contribution in [-0.2, 0) is 7.05 Å². The standard InChI is InChI=1S/C27H22N6/c1-33-25-15-17(11-13-23(25)32-27(33)19-7-3-5-9-21(19)29)16-10-12-22-24(14-16)31-26(30-22)18-6-2-4-8-20(18)28/h2-15H,28-29H2,1H3,(H,30,31). The van der Waals surface area contributed by atoms with E-state index in [4.69, 9.17) is 21.4 Å². The number of para-hydroxylation sites is 2. The van der Waals surface area contributed by atoms with E-state index in [1.165, 1.54) is 0 Å². The third-order valence-electron chi connectivity index (χ3n) is 6.11. The molecule has 0 saturated heterocycles. The molecular weight excluding hydrogens is 408 g/mol. The second-order valence-corrected chi connectivity index (χ2v) is 8.19. The Balaban J connectivity index is 1.44. The number of hydrogen-bond donors (Lipinski definition) is 3. The van der Waals surface area contributed by atoms with Gasteiger partial charge in [-0.3, -0.25) is 0 Å². The number of nitrogen functional groups attached to an aromatic ring is 2. The Morgan fingerprint density at radius 1 is 0.697 bits per heavy atom. The number of aromatic amines is 1. The Hall–Kier alpha value is -4.58. The maximum atomic E-state index is 6.20. The Morgan fingerprint density at radius 2 is 1.36 bits per heavy atom. The summed E-state index contributed by atoms with van der Waals surface area (Å²) in [5.41, 5.74) is 21.6. The van der Waals surface area contributed by atoms with Crippen LogP contribution in [0, 0.1) is 0 Å². The summed E-state index contributed by atoms with van der Waals surface area (Å²) < 4.78 is 2.09. The van der Waals surface area contributed by atoms with E-state index < -0.39 is 0 Å². The van der Waals surface area contributed by atoms with Crippen LogP contribution >= 0.6 is 0 Å². The third kappa shape index (κ3) is 3.11. The summed E-state index contributed by atoms with van der Waals surface area (Å²) in [7, 11) is 2.02. The summed E-state index contributed by atoms with van der Waals surface area (Å²) >= 11 is 0. The van der Waals surface area contributed by atoms with E-state index in [-0.39, 0.29) is 0 Å². The highest BCUT2D eigenvalue weighted by molar-refractivity contribution is 5.90. The molecule has 0 aliphatic rings. The molecule has 0 aliphatic carbocycles. The first-order valence-corrected chi connectivity index (χ1v) is 10.7. The van der Waals surface area contributed by atoms with Crippen LogP contribution in [0.1, 0.15) is 0 Å². The van der Waals surface area contributed by atoms with Gasteiger partial charge in [-0.1, -0.05) is 36.4 Å². The maximum Gasteiger partial charge on any atom is 0.142 e. The van der Waals surface area contributed by atoms with Gasteiger partial charge < -0.3 is 21.0 Å². The molecule has 0 aliphatic heterocycles. The summed E-state index contributed by atoms with van der Waals surface area (Å²) in [6, 6.07) is 28.1. The Kier molecular flexibility index (Phi) is 4.20. The number of anilines is 2. The first kappa shape index (κ1) is 19.1. The summed E-state index contributed by atoms with van der Waals surface area (Å²) in [5.74, 6) is 1.63. The van der Waals surface area contributed by atoms with E-state index in [1.807, 2.05) is 55.6 Å². The van der Waals surface area contributed by atoms with Gasteiger partial charge >= 0.3 is 0 Å². The molecule has 5 N–H and O–H groups in total. The van der Waals surface area contributed by atoms with Crippen molar-refractivity contribution in [3.8, 4) is 33.9 Å². The van der Waals surface area contributed by atoms with Gasteiger partial charge in [0.25, 0.3) is 0 Å². The van der Waals surface area contributed by atoms with Gasteiger partial charge in [-0.2, -0.15) is 0 Å². The Morgan fingerprint density at radius 3 is 2.12 bits per heavy atom. The van der Waals surface area contributed by atoms with Gasteiger partial charge in [-0.05, 0) is 59.7 Å². The highest BCUT2D eigenvalue weighted by atomic mass is 15.1. The van der Waals surface area contributed by atoms with E-state index in [1.54, 1.807) is 0 Å². The molecule has 6 heteroatoms. The van der Waals surface area contributed by atoms with Crippen LogP contribution in [0.5, 0.6) is 0 Å². The lowest BCUT2D eigenvalue weighted by molar-refractivity contribution is 0.960. The number of hydrogen-bond acceptors (Lipinski definition) is 4. The quantitative estimate of drug-likeness (QED) is 0.318. The number of aromatic nitrogens is 4. The van der Waals surface area contributed by atoms with E-state index >= 15 is 0 Å². The van der Waals surface area contributed by atoms with Gasteiger partial charge in [0.2, 0.25) is 0 Å². The SMILES string of the molecule is Cn1c(-c2ccccc2N)nc2ccc(-c3ccc4[nH]c(-c5ccccc5N)nc4c3)cc21. The van der Waals surface area contributed by atoms with Gasteiger partial charge in [0.1, 0.15) is 11.6 Å². The van der Waals surface area contributed by atoms with Crippen LogP contribution in [-0.4, -0.2) is 19.5 Å². The second kappa shape index (κ2) is 7.24. The molecule has 160 valence electrons. The predicted molar refractivity (Wildman–Crippen MR) is 135 cm³/mol. The smallest absolute Gasteiger partial charge is 0.142 e. The lowest BCUT2D eigenvalue weighted by Crippen LogP contribution is -1.96. The molecule has 0 radical (unpaired) electrons. The minimum atomic E-state index is 0.702. The topological polar surface area (TPSA) is 98.5 Å². The molecule has 0 fully saturated rings. The lowest BCUT2D eigenvalue weighted by Gasteiger charge is -2.06. The number of benzene rings is 4. The van der Waals surface area contributed by atoms with Gasteiger partial charge in [-0.25, -0.2) is 9.97 Å². The molecule has 0 saturated carbocycles. The van der Waals surface area contributed by atoms with Crippen molar-refractivity contribution in [2.45, 2.75) is 0 Å². The van der Waals surface area contributed by atoms with Crippen molar-refractivity contribution in [3.05, 3.63) is 84.9 Å². The van der Waals surface area contributed by atoms with Crippen molar-refractivity contribution in [3.63, 3.8) is 0 Å². The van der Waals surface area contributed by atoms with Crippen molar-refractivity contribution in [2.75, 3.05) is 11.5 Å². The molecule has 0 amide bonds. The van der Waals surface area contributed by atoms with Crippen molar-refractivity contribution in [1.29, 1.82) is 0 Å². The minimum Gasteiger partial charge on any atom is -0.398 e. The fourth-order valence-corrected chi connectivity index (χ4v) is 4.34. The van der Waals surface area contributed by atoms with Crippen molar-refractivity contribution < 1.29 is 0 Å². The zero-order valence-electron chi connectivity index (χ0n) is 18.1. The highest BCUT2D eigenvalue weighted by Gasteiger charge is 2.14. The summed E-state index contributed by atoms with van der Waals surface area (Å²) in [6.45, 7) is 0. The van der Waals surface area contributed by atoms with Crippen LogP contribution in [0.3, 0.4) is 0 Å². The molecule has 2 heterocycles. The Bertz CT molecular complexity index is 1660. The molecule has 0 unspecified atom stereocenters. The average molecular weight is 431 g/mol. The number of H-pyrrole nitrogens is 1. The normalized spacial score (nSPS) is 11.4. The van der Waals surface area contributed by atoms with E-state index in [9.17, 15) is 0 Å². The number of imidazole rings is 2. The van der Waals surface area contributed by atoms with E-state index in [0.717, 1.165) is 61.7 Å². The third-order valence-corrected chi connectivity index (χ3v) is 6.11. The number of nitrogens with one attached hydrogen (secondary N) is 1. The molecule has 6 nitrogen and oxygen atoms in total. The summed E-state index contributed by atoms with van der Waals surface area (Å²) in [4.78, 5) is 13.0. The first-order chi connectivity index (χ1) is 16.1. The fourth-order valence-electron chi connectivity index (χ4n) is 4.34. The zero-order valence-corrected chi connectivity index (χ0v) is 18.1. The van der Waals surface area contributed by atoms with Crippen LogP contribution < -0.4 is 11.5 Å². The number of rotatable bonds is 3. The number of aryl methyl sites for hydroxylation is 1. The molecule has 2 aromatic heterocycles. The molecule has 4 aromatic carbocycles. The van der Waals surface area contributed by atoms with Crippen LogP contribution in [0.4, 0.5) is 11.4 Å². The minimum absolute atomic E-state index is 0.702. The number of fused-ring (bicyclic) bond motifs is 2. The lowest BCUT2D eigenvalue weighted by atomic mass is 10.0. The van der Waals surface area contributed by atoms with Crippen LogP contribution in [0.25, 0.3) is 56.0 Å². The monoisotopic (exact) mass is 430 g/mol. The fraction of sp³-hybridized carbons (Fsp3) is 0.0370. The van der Waals surface area contributed by atoms with Crippen LogP contribution in [0.2, 0.25) is 0 Å². The molecule has 0 spiro atoms. The summed E-state index contributed by atoms with van der Waals surface area (Å²) in [5, 5.41) is 0. The molecule has 33 heavy (non-hydrogen) atoms. The molecular formula is C27H22N6. The number of nitrogens with zero attached hydrogens (tertiary/aromatic N) is 3. The largest absolute Gasteiger partial charge is 0.398 e. The highest BCUT2D eigenvalue weighted by Crippen LogP contribution is 2.32. The van der Waals surface area contributed by atoms with Crippen LogP contribution in [0.15, 0.2) is 84.9 Å². The van der Waals surface area contributed by atoms with E-state index in [2.05, 4.69) is 45.9 Å². The first-order valence-electron chi connectivity index (χ1n) is 10.7. The van der Waals surface area contributed by atoms with Crippen molar-refractivity contribution in [1.82, 2.24) is 19.5 Å². The maximum absolute atomic E-state index is 6.20. The predicted octanol–water partition coefficient (Wildman–Crippen LogP) is 5.62. The Labute approximate surface area is 190 Å². The average Bonchev–Trinajstić information content (AvgIpc) is 3.40.